The molecule has 0 spiro atoms. The maximum Gasteiger partial charge on any atom is 0.191 e. The molecule has 0 bridgehead atoms. The van der Waals surface area contributed by atoms with Gasteiger partial charge in [-0.15, -0.1) is 0 Å². The van der Waals surface area contributed by atoms with Crippen molar-refractivity contribution in [3.63, 3.8) is 0 Å². The summed E-state index contributed by atoms with van der Waals surface area (Å²) in [5.74, 6) is 0. The molecule has 2 heterocycles. The predicted octanol–water partition coefficient (Wildman–Crippen LogP) is 6.73. The van der Waals surface area contributed by atoms with Gasteiger partial charge >= 0.3 is 0 Å². The zero-order valence-corrected chi connectivity index (χ0v) is 20.1. The first-order chi connectivity index (χ1) is 13.7. The third-order valence-electron chi connectivity index (χ3n) is 6.36. The number of para-hydroxylation sites is 1. The van der Waals surface area contributed by atoms with Crippen molar-refractivity contribution in [1.29, 1.82) is 0 Å². The molecule has 3 aromatic rings. The first-order valence-corrected chi connectivity index (χ1v) is 14.0. The molecule has 4 nitrogen and oxygen atoms in total. The SMILES string of the molecule is CCCCc1nc2ccccc2c2c1ncn2CCCCO[Si](C)(C)C(C)(C)C. The van der Waals surface area contributed by atoms with Crippen LogP contribution in [0.2, 0.25) is 18.1 Å². The lowest BCUT2D eigenvalue weighted by Crippen LogP contribution is -2.40. The van der Waals surface area contributed by atoms with E-state index in [1.165, 1.54) is 17.3 Å². The fourth-order valence-corrected chi connectivity index (χ4v) is 4.55. The van der Waals surface area contributed by atoms with Gasteiger partial charge in [-0.25, -0.2) is 4.98 Å². The van der Waals surface area contributed by atoms with E-state index in [2.05, 4.69) is 69.6 Å². The summed E-state index contributed by atoms with van der Waals surface area (Å²) < 4.78 is 8.66. The summed E-state index contributed by atoms with van der Waals surface area (Å²) in [6.07, 6.45) is 7.50. The van der Waals surface area contributed by atoms with Crippen LogP contribution in [0, 0.1) is 0 Å². The minimum Gasteiger partial charge on any atom is -0.417 e. The quantitative estimate of drug-likeness (QED) is 0.289. The van der Waals surface area contributed by atoms with E-state index >= 15 is 0 Å². The molecule has 0 aliphatic carbocycles. The molecule has 0 N–H and O–H groups in total. The number of hydrogen-bond acceptors (Lipinski definition) is 3. The number of benzene rings is 1. The van der Waals surface area contributed by atoms with Gasteiger partial charge in [0.15, 0.2) is 8.32 Å². The summed E-state index contributed by atoms with van der Waals surface area (Å²) in [5, 5.41) is 1.48. The largest absolute Gasteiger partial charge is 0.417 e. The molecule has 3 rings (SSSR count). The fraction of sp³-hybridized carbons (Fsp3) is 0.583. The normalized spacial score (nSPS) is 12.9. The van der Waals surface area contributed by atoms with Crippen molar-refractivity contribution in [3.8, 4) is 0 Å². The Morgan fingerprint density at radius 2 is 1.83 bits per heavy atom. The molecule has 0 unspecified atom stereocenters. The van der Waals surface area contributed by atoms with E-state index in [0.717, 1.165) is 55.6 Å². The van der Waals surface area contributed by atoms with Crippen LogP contribution in [-0.2, 0) is 17.4 Å². The first kappa shape index (κ1) is 22.0. The Labute approximate surface area is 176 Å². The molecular weight excluding hydrogens is 374 g/mol. The van der Waals surface area contributed by atoms with E-state index < -0.39 is 8.32 Å². The number of rotatable bonds is 9. The van der Waals surface area contributed by atoms with Crippen LogP contribution in [0.15, 0.2) is 30.6 Å². The van der Waals surface area contributed by atoms with Crippen LogP contribution in [0.25, 0.3) is 21.9 Å². The Hall–Kier alpha value is -1.72. The van der Waals surface area contributed by atoms with Gasteiger partial charge in [0.05, 0.1) is 23.1 Å². The first-order valence-electron chi connectivity index (χ1n) is 11.1. The van der Waals surface area contributed by atoms with Gasteiger partial charge in [-0.3, -0.25) is 4.98 Å². The Balaban J connectivity index is 1.74. The molecular formula is C24H37N3OSi. The van der Waals surface area contributed by atoms with Crippen molar-refractivity contribution >= 4 is 30.3 Å². The molecule has 0 amide bonds. The number of fused-ring (bicyclic) bond motifs is 3. The average Bonchev–Trinajstić information content (AvgIpc) is 3.09. The second kappa shape index (κ2) is 8.96. The molecule has 0 saturated carbocycles. The van der Waals surface area contributed by atoms with Crippen molar-refractivity contribution in [2.24, 2.45) is 0 Å². The van der Waals surface area contributed by atoms with Gasteiger partial charge in [0, 0.05) is 18.5 Å². The third-order valence-corrected chi connectivity index (χ3v) is 10.9. The second-order valence-corrected chi connectivity index (χ2v) is 14.4. The van der Waals surface area contributed by atoms with E-state index in [-0.39, 0.29) is 5.04 Å². The van der Waals surface area contributed by atoms with Crippen molar-refractivity contribution < 1.29 is 4.43 Å². The van der Waals surface area contributed by atoms with Gasteiger partial charge in [0.2, 0.25) is 0 Å². The number of imidazole rings is 1. The van der Waals surface area contributed by atoms with Crippen LogP contribution in [-0.4, -0.2) is 29.5 Å². The zero-order chi connectivity index (χ0) is 21.1. The van der Waals surface area contributed by atoms with E-state index in [1.54, 1.807) is 0 Å². The van der Waals surface area contributed by atoms with Crippen LogP contribution >= 0.6 is 0 Å². The molecule has 2 aromatic heterocycles. The summed E-state index contributed by atoms with van der Waals surface area (Å²) in [7, 11) is -1.65. The highest BCUT2D eigenvalue weighted by atomic mass is 28.4. The highest BCUT2D eigenvalue weighted by Crippen LogP contribution is 2.36. The smallest absolute Gasteiger partial charge is 0.191 e. The van der Waals surface area contributed by atoms with Crippen molar-refractivity contribution in [2.75, 3.05) is 6.61 Å². The Bertz CT molecular complexity index is 956. The Kier molecular flexibility index (Phi) is 6.79. The minimum absolute atomic E-state index is 0.272. The highest BCUT2D eigenvalue weighted by molar-refractivity contribution is 6.74. The molecule has 0 atom stereocenters. The van der Waals surface area contributed by atoms with E-state index in [9.17, 15) is 0 Å². The van der Waals surface area contributed by atoms with E-state index in [4.69, 9.17) is 14.4 Å². The van der Waals surface area contributed by atoms with Crippen molar-refractivity contribution in [1.82, 2.24) is 14.5 Å². The Morgan fingerprint density at radius 3 is 2.55 bits per heavy atom. The van der Waals surface area contributed by atoms with E-state index in [1.807, 2.05) is 6.33 Å². The lowest BCUT2D eigenvalue weighted by atomic mass is 10.1. The monoisotopic (exact) mass is 411 g/mol. The van der Waals surface area contributed by atoms with Gasteiger partial charge in [-0.05, 0) is 49.9 Å². The lowest BCUT2D eigenvalue weighted by molar-refractivity contribution is 0.276. The van der Waals surface area contributed by atoms with Crippen molar-refractivity contribution in [2.45, 2.75) is 84.5 Å². The van der Waals surface area contributed by atoms with Crippen LogP contribution in [0.1, 0.15) is 59.1 Å². The molecule has 29 heavy (non-hydrogen) atoms. The number of unbranched alkanes of at least 4 members (excludes halogenated alkanes) is 2. The van der Waals surface area contributed by atoms with Gasteiger partial charge < -0.3 is 8.99 Å². The number of nitrogens with zero attached hydrogens (tertiary/aromatic N) is 3. The standard InChI is InChI=1S/C24H37N3OSi/c1-7-8-14-21-22-23(19-13-9-10-15-20(19)26-21)27(18-25-22)16-11-12-17-28-29(5,6)24(2,3)4/h9-10,13,15,18H,7-8,11-12,14,16-17H2,1-6H3. The summed E-state index contributed by atoms with van der Waals surface area (Å²) in [5.41, 5.74) is 4.54. The molecule has 0 radical (unpaired) electrons. The number of aromatic nitrogens is 3. The van der Waals surface area contributed by atoms with Gasteiger partial charge in [-0.1, -0.05) is 52.3 Å². The summed E-state index contributed by atoms with van der Waals surface area (Å²) in [6, 6.07) is 8.46. The maximum atomic E-state index is 6.34. The summed E-state index contributed by atoms with van der Waals surface area (Å²) in [4.78, 5) is 9.69. The highest BCUT2D eigenvalue weighted by Gasteiger charge is 2.36. The molecule has 0 aliphatic rings. The van der Waals surface area contributed by atoms with Crippen LogP contribution < -0.4 is 0 Å². The Morgan fingerprint density at radius 1 is 1.07 bits per heavy atom. The third kappa shape index (κ3) is 4.89. The number of pyridine rings is 1. The topological polar surface area (TPSA) is 39.9 Å². The van der Waals surface area contributed by atoms with Gasteiger partial charge in [0.1, 0.15) is 5.52 Å². The average molecular weight is 412 g/mol. The van der Waals surface area contributed by atoms with E-state index in [0.29, 0.717) is 0 Å². The van der Waals surface area contributed by atoms with Gasteiger partial charge in [0.25, 0.3) is 0 Å². The minimum atomic E-state index is -1.65. The zero-order valence-electron chi connectivity index (χ0n) is 19.1. The molecule has 0 aliphatic heterocycles. The maximum absolute atomic E-state index is 6.34. The molecule has 1 aromatic carbocycles. The second-order valence-electron chi connectivity index (χ2n) is 9.63. The van der Waals surface area contributed by atoms with Gasteiger partial charge in [-0.2, -0.15) is 0 Å². The van der Waals surface area contributed by atoms with Crippen LogP contribution in [0.3, 0.4) is 0 Å². The summed E-state index contributed by atoms with van der Waals surface area (Å²) in [6.45, 7) is 15.6. The number of aryl methyl sites for hydroxylation is 2. The molecule has 0 fully saturated rings. The molecule has 5 heteroatoms. The molecule has 158 valence electrons. The predicted molar refractivity (Wildman–Crippen MR) is 126 cm³/mol. The van der Waals surface area contributed by atoms with Crippen LogP contribution in [0.4, 0.5) is 0 Å². The summed E-state index contributed by atoms with van der Waals surface area (Å²) >= 11 is 0. The number of hydrogen-bond donors (Lipinski definition) is 0. The lowest BCUT2D eigenvalue weighted by Gasteiger charge is -2.36. The fourth-order valence-electron chi connectivity index (χ4n) is 3.46. The molecule has 0 saturated heterocycles. The van der Waals surface area contributed by atoms with Crippen molar-refractivity contribution in [3.05, 3.63) is 36.3 Å². The van der Waals surface area contributed by atoms with Crippen LogP contribution in [0.5, 0.6) is 0 Å².